The summed E-state index contributed by atoms with van der Waals surface area (Å²) >= 11 is 0. The molecule has 0 spiro atoms. The average molecular weight is 548 g/mol. The zero-order chi connectivity index (χ0) is 27.6. The Hall–Kier alpha value is -4.73. The normalized spacial score (nSPS) is 11.6. The van der Waals surface area contributed by atoms with Crippen LogP contribution in [0.1, 0.15) is 21.1 Å². The fourth-order valence-electron chi connectivity index (χ4n) is 3.45. The first-order valence-corrected chi connectivity index (χ1v) is 11.8. The highest BCUT2D eigenvalue weighted by Crippen LogP contribution is 2.26. The Balaban J connectivity index is 1.60. The molecule has 4 aromatic rings. The number of fused-ring (bicyclic) bond motifs is 2. The van der Waals surface area contributed by atoms with Crippen LogP contribution in [0.2, 0.25) is 0 Å². The van der Waals surface area contributed by atoms with E-state index in [1.54, 1.807) is 0 Å². The van der Waals surface area contributed by atoms with Crippen LogP contribution >= 0.6 is 0 Å². The molecule has 0 atom stereocenters. The van der Waals surface area contributed by atoms with E-state index in [0.29, 0.717) is 0 Å². The van der Waals surface area contributed by atoms with Gasteiger partial charge < -0.3 is 28.5 Å². The van der Waals surface area contributed by atoms with Crippen LogP contribution in [0.15, 0.2) is 67.0 Å². The first kappa shape index (κ1) is 26.3. The third kappa shape index (κ3) is 5.80. The quantitative estimate of drug-likeness (QED) is 0.241. The SMILES string of the molecule is O=C(O)c1cc(=O)c2c(OCC(COc3cccc4oc(C(=O)O)cc(=O)c34)OS(=O)(=O)O)cccc2o1. The standard InChI is InChI=1S/C23H16O14S/c24-12-7-18(22(26)27)35-16-5-1-3-14(20(12)16)33-9-11(37-38(30,31)32)10-34-15-4-2-6-17-21(15)13(25)8-19(36-17)23(28)29/h1-8,11H,9-10H2,(H,26,27)(H,28,29)(H,30,31,32). The summed E-state index contributed by atoms with van der Waals surface area (Å²) in [4.78, 5) is 47.2. The Morgan fingerprint density at radius 2 is 1.21 bits per heavy atom. The Morgan fingerprint density at radius 1 is 0.789 bits per heavy atom. The number of ether oxygens (including phenoxy) is 2. The van der Waals surface area contributed by atoms with Crippen LogP contribution in [0.3, 0.4) is 0 Å². The fraction of sp³-hybridized carbons (Fsp3) is 0.130. The molecular formula is C23H16O14S. The smallest absolute Gasteiger partial charge is 0.397 e. The molecule has 2 aromatic carbocycles. The lowest BCUT2D eigenvalue weighted by atomic mass is 10.2. The van der Waals surface area contributed by atoms with Gasteiger partial charge in [-0.2, -0.15) is 8.42 Å². The Morgan fingerprint density at radius 3 is 1.58 bits per heavy atom. The molecule has 0 aliphatic rings. The highest BCUT2D eigenvalue weighted by molar-refractivity contribution is 7.80. The van der Waals surface area contributed by atoms with E-state index in [0.717, 1.165) is 12.1 Å². The van der Waals surface area contributed by atoms with Crippen molar-refractivity contribution < 1.29 is 55.3 Å². The van der Waals surface area contributed by atoms with Gasteiger partial charge in [-0.1, -0.05) is 12.1 Å². The number of carboxylic acids is 2. The number of aromatic carboxylic acids is 2. The summed E-state index contributed by atoms with van der Waals surface area (Å²) in [7, 11) is -5.01. The van der Waals surface area contributed by atoms with Crippen molar-refractivity contribution in [2.45, 2.75) is 6.10 Å². The molecule has 0 aliphatic heterocycles. The third-order valence-electron chi connectivity index (χ3n) is 4.96. The van der Waals surface area contributed by atoms with E-state index < -0.39 is 64.0 Å². The summed E-state index contributed by atoms with van der Waals surface area (Å²) in [6.07, 6.45) is -1.52. The van der Waals surface area contributed by atoms with Crippen molar-refractivity contribution >= 4 is 44.3 Å². The Kier molecular flexibility index (Phi) is 7.16. The van der Waals surface area contributed by atoms with Gasteiger partial charge in [0.2, 0.25) is 11.5 Å². The van der Waals surface area contributed by atoms with Gasteiger partial charge in [0.15, 0.2) is 10.9 Å². The average Bonchev–Trinajstić information content (AvgIpc) is 2.84. The lowest BCUT2D eigenvalue weighted by Gasteiger charge is -2.18. The van der Waals surface area contributed by atoms with Gasteiger partial charge in [-0.3, -0.25) is 14.1 Å². The molecule has 0 aliphatic carbocycles. The van der Waals surface area contributed by atoms with Gasteiger partial charge >= 0.3 is 22.3 Å². The Labute approximate surface area is 211 Å². The van der Waals surface area contributed by atoms with Gasteiger partial charge in [0, 0.05) is 12.1 Å². The summed E-state index contributed by atoms with van der Waals surface area (Å²) in [5, 5.41) is 17.9. The first-order chi connectivity index (χ1) is 17.9. The molecule has 2 heterocycles. The third-order valence-corrected chi connectivity index (χ3v) is 5.48. The lowest BCUT2D eigenvalue weighted by Crippen LogP contribution is -2.31. The summed E-state index contributed by atoms with van der Waals surface area (Å²) in [6, 6.07) is 9.59. The number of benzene rings is 2. The van der Waals surface area contributed by atoms with E-state index in [-0.39, 0.29) is 33.4 Å². The molecule has 4 rings (SSSR count). The van der Waals surface area contributed by atoms with Gasteiger partial charge in [-0.15, -0.1) is 0 Å². The van der Waals surface area contributed by atoms with Crippen LogP contribution in [0.4, 0.5) is 0 Å². The summed E-state index contributed by atoms with van der Waals surface area (Å²) in [6.45, 7) is -1.22. The highest BCUT2D eigenvalue weighted by Gasteiger charge is 2.22. The van der Waals surface area contributed by atoms with Crippen molar-refractivity contribution in [1.82, 2.24) is 0 Å². The van der Waals surface area contributed by atoms with Gasteiger partial charge in [0.25, 0.3) is 0 Å². The summed E-state index contributed by atoms with van der Waals surface area (Å²) < 4.78 is 57.9. The maximum atomic E-state index is 12.5. The minimum atomic E-state index is -5.01. The lowest BCUT2D eigenvalue weighted by molar-refractivity contribution is 0.0653. The number of carboxylic acid groups (broad SMARTS) is 2. The van der Waals surface area contributed by atoms with Crippen LogP contribution in [0, 0.1) is 0 Å². The number of hydrogen-bond acceptors (Lipinski definition) is 11. The van der Waals surface area contributed by atoms with E-state index in [9.17, 15) is 32.1 Å². The van der Waals surface area contributed by atoms with Crippen LogP contribution in [0.5, 0.6) is 11.5 Å². The minimum absolute atomic E-state index is 0.107. The molecule has 0 saturated heterocycles. The predicted octanol–water partition coefficient (Wildman–Crippen LogP) is 1.94. The van der Waals surface area contributed by atoms with E-state index in [1.807, 2.05) is 0 Å². The van der Waals surface area contributed by atoms with Gasteiger partial charge in [-0.05, 0) is 24.3 Å². The molecule has 15 heteroatoms. The number of hydrogen-bond donors (Lipinski definition) is 3. The molecule has 14 nitrogen and oxygen atoms in total. The van der Waals surface area contributed by atoms with Crippen LogP contribution in [-0.4, -0.2) is 54.4 Å². The van der Waals surface area contributed by atoms with E-state index in [4.69, 9.17) is 28.5 Å². The number of rotatable bonds is 10. The molecule has 2 aromatic heterocycles. The molecule has 198 valence electrons. The molecule has 0 bridgehead atoms. The highest BCUT2D eigenvalue weighted by atomic mass is 32.3. The maximum Gasteiger partial charge on any atom is 0.397 e. The second kappa shape index (κ2) is 10.3. The van der Waals surface area contributed by atoms with E-state index in [1.165, 1.54) is 36.4 Å². The molecule has 0 fully saturated rings. The van der Waals surface area contributed by atoms with Crippen LogP contribution in [-0.2, 0) is 14.6 Å². The largest absolute Gasteiger partial charge is 0.490 e. The molecule has 0 radical (unpaired) electrons. The topological polar surface area (TPSA) is 217 Å². The van der Waals surface area contributed by atoms with Crippen molar-refractivity contribution in [3.8, 4) is 11.5 Å². The first-order valence-electron chi connectivity index (χ1n) is 10.4. The van der Waals surface area contributed by atoms with E-state index in [2.05, 4.69) is 4.18 Å². The number of carbonyl (C=O) groups is 2. The van der Waals surface area contributed by atoms with Crippen molar-refractivity contribution in [1.29, 1.82) is 0 Å². The second-order valence-corrected chi connectivity index (χ2v) is 8.63. The monoisotopic (exact) mass is 548 g/mol. The maximum absolute atomic E-state index is 12.5. The zero-order valence-electron chi connectivity index (χ0n) is 18.9. The minimum Gasteiger partial charge on any atom is -0.490 e. The van der Waals surface area contributed by atoms with Crippen molar-refractivity contribution in [2.75, 3.05) is 13.2 Å². The Bertz CT molecular complexity index is 1670. The van der Waals surface area contributed by atoms with Crippen LogP contribution < -0.4 is 20.3 Å². The molecule has 38 heavy (non-hydrogen) atoms. The molecule has 3 N–H and O–H groups in total. The molecule has 0 unspecified atom stereocenters. The zero-order valence-corrected chi connectivity index (χ0v) is 19.7. The second-order valence-electron chi connectivity index (χ2n) is 7.59. The summed E-state index contributed by atoms with van der Waals surface area (Å²) in [5.41, 5.74) is -1.71. The molecule has 0 saturated carbocycles. The predicted molar refractivity (Wildman–Crippen MR) is 126 cm³/mol. The van der Waals surface area contributed by atoms with Crippen molar-refractivity contribution in [2.24, 2.45) is 0 Å². The van der Waals surface area contributed by atoms with Gasteiger partial charge in [-0.25, -0.2) is 13.8 Å². The van der Waals surface area contributed by atoms with Crippen LogP contribution in [0.25, 0.3) is 21.9 Å². The summed E-state index contributed by atoms with van der Waals surface area (Å²) in [5.74, 6) is -4.34. The van der Waals surface area contributed by atoms with Crippen molar-refractivity contribution in [3.05, 3.63) is 80.5 Å². The van der Waals surface area contributed by atoms with Gasteiger partial charge in [0.05, 0.1) is 0 Å². The molecule has 0 amide bonds. The van der Waals surface area contributed by atoms with Crippen molar-refractivity contribution in [3.63, 3.8) is 0 Å². The van der Waals surface area contributed by atoms with E-state index >= 15 is 0 Å². The molecular weight excluding hydrogens is 532 g/mol. The fourth-order valence-corrected chi connectivity index (χ4v) is 3.90. The van der Waals surface area contributed by atoms with Gasteiger partial charge in [0.1, 0.15) is 52.8 Å².